The summed E-state index contributed by atoms with van der Waals surface area (Å²) in [6.45, 7) is 10.2. The van der Waals surface area contributed by atoms with Crippen LogP contribution in [0.5, 0.6) is 0 Å². The summed E-state index contributed by atoms with van der Waals surface area (Å²) in [5.41, 5.74) is 8.54. The molecular formula is C29H25N. The van der Waals surface area contributed by atoms with E-state index in [1.807, 2.05) is 0 Å². The molecule has 0 saturated carbocycles. The van der Waals surface area contributed by atoms with Gasteiger partial charge in [-0.15, -0.1) is 0 Å². The number of anilines is 1. The molecule has 1 aliphatic rings. The van der Waals surface area contributed by atoms with Gasteiger partial charge in [-0.1, -0.05) is 98.9 Å². The van der Waals surface area contributed by atoms with E-state index in [-0.39, 0.29) is 5.41 Å². The molecular weight excluding hydrogens is 362 g/mol. The highest BCUT2D eigenvalue weighted by molar-refractivity contribution is 5.99. The lowest BCUT2D eigenvalue weighted by Crippen LogP contribution is -2.26. The van der Waals surface area contributed by atoms with Gasteiger partial charge in [0.1, 0.15) is 0 Å². The number of rotatable bonds is 5. The minimum absolute atomic E-state index is 0.166. The van der Waals surface area contributed by atoms with Crippen molar-refractivity contribution in [1.29, 1.82) is 0 Å². The standard InChI is InChI=1S/C29H25N/c1-4-20(3)30-28-19-18-27(23-14-6-7-15-24(23)28)29(5-2)25-16-10-8-12-21(25)22-13-9-11-17-26(22)29/h4,6-19,30H,1,3,5H2,2H3. The molecule has 146 valence electrons. The van der Waals surface area contributed by atoms with Gasteiger partial charge in [0.25, 0.3) is 0 Å². The lowest BCUT2D eigenvalue weighted by Gasteiger charge is -2.33. The molecule has 0 saturated heterocycles. The number of fused-ring (bicyclic) bond motifs is 4. The van der Waals surface area contributed by atoms with E-state index in [0.29, 0.717) is 0 Å². The molecule has 0 spiro atoms. The summed E-state index contributed by atoms with van der Waals surface area (Å²) in [4.78, 5) is 0. The first-order valence-corrected chi connectivity index (χ1v) is 10.5. The summed E-state index contributed by atoms with van der Waals surface area (Å²) < 4.78 is 0. The topological polar surface area (TPSA) is 12.0 Å². The van der Waals surface area contributed by atoms with Gasteiger partial charge in [-0.3, -0.25) is 0 Å². The average Bonchev–Trinajstić information content (AvgIpc) is 3.10. The molecule has 30 heavy (non-hydrogen) atoms. The highest BCUT2D eigenvalue weighted by Crippen LogP contribution is 2.55. The molecule has 1 N–H and O–H groups in total. The van der Waals surface area contributed by atoms with Gasteiger partial charge in [-0.25, -0.2) is 0 Å². The van der Waals surface area contributed by atoms with Crippen molar-refractivity contribution in [2.75, 3.05) is 5.32 Å². The highest BCUT2D eigenvalue weighted by atomic mass is 14.9. The molecule has 0 radical (unpaired) electrons. The summed E-state index contributed by atoms with van der Waals surface area (Å²) >= 11 is 0. The Labute approximate surface area is 178 Å². The second-order valence-electron chi connectivity index (χ2n) is 7.91. The van der Waals surface area contributed by atoms with Crippen LogP contribution in [-0.4, -0.2) is 0 Å². The van der Waals surface area contributed by atoms with E-state index in [4.69, 9.17) is 0 Å². The second kappa shape index (κ2) is 7.03. The molecule has 0 amide bonds. The maximum Gasteiger partial charge on any atom is 0.0467 e. The molecule has 1 heteroatoms. The highest BCUT2D eigenvalue weighted by Gasteiger charge is 2.43. The van der Waals surface area contributed by atoms with Crippen LogP contribution in [0.4, 0.5) is 5.69 Å². The van der Waals surface area contributed by atoms with Crippen LogP contribution in [0, 0.1) is 0 Å². The first-order chi connectivity index (χ1) is 14.7. The molecule has 0 fully saturated rings. The molecule has 0 unspecified atom stereocenters. The van der Waals surface area contributed by atoms with E-state index in [9.17, 15) is 0 Å². The van der Waals surface area contributed by atoms with Crippen LogP contribution in [-0.2, 0) is 5.41 Å². The molecule has 0 heterocycles. The smallest absolute Gasteiger partial charge is 0.0467 e. The second-order valence-corrected chi connectivity index (χ2v) is 7.91. The Balaban J connectivity index is 1.85. The van der Waals surface area contributed by atoms with Crippen molar-refractivity contribution in [2.24, 2.45) is 0 Å². The van der Waals surface area contributed by atoms with Crippen LogP contribution >= 0.6 is 0 Å². The predicted molar refractivity (Wildman–Crippen MR) is 129 cm³/mol. The van der Waals surface area contributed by atoms with E-state index in [1.54, 1.807) is 6.08 Å². The lowest BCUT2D eigenvalue weighted by atomic mass is 9.69. The third-order valence-electron chi connectivity index (χ3n) is 6.52. The van der Waals surface area contributed by atoms with Crippen LogP contribution in [0.2, 0.25) is 0 Å². The van der Waals surface area contributed by atoms with Gasteiger partial charge in [-0.2, -0.15) is 0 Å². The van der Waals surface area contributed by atoms with Gasteiger partial charge in [0, 0.05) is 22.2 Å². The minimum atomic E-state index is -0.166. The summed E-state index contributed by atoms with van der Waals surface area (Å²) in [6.07, 6.45) is 2.75. The molecule has 0 atom stereocenters. The van der Waals surface area contributed by atoms with Gasteiger partial charge < -0.3 is 5.32 Å². The number of nitrogens with one attached hydrogen (secondary N) is 1. The van der Waals surface area contributed by atoms with Crippen molar-refractivity contribution in [1.82, 2.24) is 0 Å². The van der Waals surface area contributed by atoms with Crippen LogP contribution in [0.25, 0.3) is 21.9 Å². The van der Waals surface area contributed by atoms with Crippen LogP contribution in [0.1, 0.15) is 30.0 Å². The first-order valence-electron chi connectivity index (χ1n) is 10.5. The fraction of sp³-hybridized carbons (Fsp3) is 0.103. The summed E-state index contributed by atoms with van der Waals surface area (Å²) in [5, 5.41) is 5.88. The Morgan fingerprint density at radius 2 is 1.33 bits per heavy atom. The third-order valence-corrected chi connectivity index (χ3v) is 6.52. The van der Waals surface area contributed by atoms with E-state index in [2.05, 4.69) is 110 Å². The zero-order valence-electron chi connectivity index (χ0n) is 17.3. The van der Waals surface area contributed by atoms with Gasteiger partial charge in [0.2, 0.25) is 0 Å². The van der Waals surface area contributed by atoms with Crippen molar-refractivity contribution in [2.45, 2.75) is 18.8 Å². The van der Waals surface area contributed by atoms with Gasteiger partial charge in [0.15, 0.2) is 0 Å². The molecule has 0 bridgehead atoms. The van der Waals surface area contributed by atoms with Crippen molar-refractivity contribution < 1.29 is 0 Å². The van der Waals surface area contributed by atoms with Gasteiger partial charge in [-0.05, 0) is 51.8 Å². The number of allylic oxidation sites excluding steroid dienone is 1. The first kappa shape index (κ1) is 18.4. The van der Waals surface area contributed by atoms with Crippen molar-refractivity contribution in [3.05, 3.63) is 127 Å². The van der Waals surface area contributed by atoms with E-state index >= 15 is 0 Å². The predicted octanol–water partition coefficient (Wildman–Crippen LogP) is 7.68. The largest absolute Gasteiger partial charge is 0.356 e. The lowest BCUT2D eigenvalue weighted by molar-refractivity contribution is 0.614. The number of hydrogen-bond acceptors (Lipinski definition) is 1. The van der Waals surface area contributed by atoms with Gasteiger partial charge in [0.05, 0.1) is 0 Å². The van der Waals surface area contributed by atoms with Crippen molar-refractivity contribution >= 4 is 16.5 Å². The Morgan fingerprint density at radius 3 is 1.93 bits per heavy atom. The molecule has 4 aromatic carbocycles. The Hall–Kier alpha value is -3.58. The summed E-state index contributed by atoms with van der Waals surface area (Å²) in [7, 11) is 0. The van der Waals surface area contributed by atoms with E-state index in [1.165, 1.54) is 38.6 Å². The monoisotopic (exact) mass is 387 g/mol. The molecule has 0 aliphatic heterocycles. The van der Waals surface area contributed by atoms with Crippen LogP contribution in [0.15, 0.2) is 110 Å². The Kier molecular flexibility index (Phi) is 4.33. The fourth-order valence-electron chi connectivity index (χ4n) is 5.19. The molecule has 0 aromatic heterocycles. The van der Waals surface area contributed by atoms with Crippen LogP contribution < -0.4 is 5.32 Å². The zero-order chi connectivity index (χ0) is 20.7. The zero-order valence-corrected chi connectivity index (χ0v) is 17.3. The Bertz CT molecular complexity index is 1250. The summed E-state index contributed by atoms with van der Waals surface area (Å²) in [6, 6.07) is 30.9. The quantitative estimate of drug-likeness (QED) is 0.346. The van der Waals surface area contributed by atoms with Crippen molar-refractivity contribution in [3.8, 4) is 11.1 Å². The third kappa shape index (κ3) is 2.48. The maximum absolute atomic E-state index is 4.04. The molecule has 4 aromatic rings. The van der Waals surface area contributed by atoms with E-state index < -0.39 is 0 Å². The van der Waals surface area contributed by atoms with Crippen molar-refractivity contribution in [3.63, 3.8) is 0 Å². The minimum Gasteiger partial charge on any atom is -0.356 e. The van der Waals surface area contributed by atoms with E-state index in [0.717, 1.165) is 17.8 Å². The molecule has 1 aliphatic carbocycles. The Morgan fingerprint density at radius 1 is 0.767 bits per heavy atom. The maximum atomic E-state index is 4.04. The normalized spacial score (nSPS) is 13.5. The number of hydrogen-bond donors (Lipinski definition) is 1. The molecule has 1 nitrogen and oxygen atoms in total. The van der Waals surface area contributed by atoms with Crippen LogP contribution in [0.3, 0.4) is 0 Å². The SMILES string of the molecule is C=CC(=C)Nc1ccc(C2(CC)c3ccccc3-c3ccccc32)c2ccccc12. The number of benzene rings is 4. The average molecular weight is 388 g/mol. The fourth-order valence-corrected chi connectivity index (χ4v) is 5.19. The summed E-state index contributed by atoms with van der Waals surface area (Å²) in [5.74, 6) is 0. The molecule has 5 rings (SSSR count). The van der Waals surface area contributed by atoms with Gasteiger partial charge >= 0.3 is 0 Å².